The van der Waals surface area contributed by atoms with Crippen LogP contribution in [0.1, 0.15) is 17.7 Å². The fraction of sp³-hybridized carbons (Fsp3) is 0.222. The van der Waals surface area contributed by atoms with Gasteiger partial charge in [-0.05, 0) is 24.1 Å². The van der Waals surface area contributed by atoms with Crippen molar-refractivity contribution in [3.05, 3.63) is 41.5 Å². The van der Waals surface area contributed by atoms with Crippen LogP contribution in [0.2, 0.25) is 0 Å². The summed E-state index contributed by atoms with van der Waals surface area (Å²) >= 11 is 1.66. The van der Waals surface area contributed by atoms with Crippen LogP contribution in [0.4, 0.5) is 11.8 Å². The molecular formula is C18H18N8OS. The molecule has 1 amide bonds. The molecule has 3 N–H and O–H groups in total. The van der Waals surface area contributed by atoms with Gasteiger partial charge in [0.15, 0.2) is 0 Å². The number of amides is 1. The summed E-state index contributed by atoms with van der Waals surface area (Å²) in [4.78, 5) is 22.9. The molecule has 28 heavy (non-hydrogen) atoms. The molecule has 0 fully saturated rings. The van der Waals surface area contributed by atoms with Crippen LogP contribution in [-0.4, -0.2) is 43.0 Å². The molecule has 0 saturated heterocycles. The average molecular weight is 394 g/mol. The van der Waals surface area contributed by atoms with Gasteiger partial charge in [0.05, 0.1) is 5.39 Å². The van der Waals surface area contributed by atoms with Gasteiger partial charge in [0.2, 0.25) is 5.91 Å². The quantitative estimate of drug-likeness (QED) is 0.412. The molecule has 0 unspecified atom stereocenters. The van der Waals surface area contributed by atoms with Crippen molar-refractivity contribution >= 4 is 39.2 Å². The molecule has 4 aromatic rings. The van der Waals surface area contributed by atoms with E-state index in [0.717, 1.165) is 27.2 Å². The number of carbonyl (C=O) groups is 1. The van der Waals surface area contributed by atoms with E-state index in [0.29, 0.717) is 19.4 Å². The Labute approximate surface area is 164 Å². The highest BCUT2D eigenvalue weighted by atomic mass is 32.1. The minimum Gasteiger partial charge on any atom is -0.369 e. The Morgan fingerprint density at radius 2 is 2.07 bits per heavy atom. The van der Waals surface area contributed by atoms with E-state index in [2.05, 4.69) is 60.3 Å². The number of benzene rings is 1. The van der Waals surface area contributed by atoms with E-state index < -0.39 is 0 Å². The predicted octanol–water partition coefficient (Wildman–Crippen LogP) is 3.01. The highest BCUT2D eigenvalue weighted by molar-refractivity contribution is 7.19. The SMILES string of the molecule is Cc1sc2ncnc(NCCCC(=O)Nc3nn[nH]n3)c2c1-c1ccccc1. The summed E-state index contributed by atoms with van der Waals surface area (Å²) in [5.74, 6) is 0.802. The summed E-state index contributed by atoms with van der Waals surface area (Å²) < 4.78 is 0. The first-order valence-electron chi connectivity index (χ1n) is 8.79. The molecule has 0 aliphatic heterocycles. The van der Waals surface area contributed by atoms with Crippen LogP contribution in [0.5, 0.6) is 0 Å². The van der Waals surface area contributed by atoms with Gasteiger partial charge in [-0.2, -0.15) is 5.21 Å². The van der Waals surface area contributed by atoms with E-state index in [1.807, 2.05) is 18.2 Å². The third kappa shape index (κ3) is 3.81. The van der Waals surface area contributed by atoms with Crippen LogP contribution >= 0.6 is 11.3 Å². The van der Waals surface area contributed by atoms with Gasteiger partial charge < -0.3 is 5.32 Å². The summed E-state index contributed by atoms with van der Waals surface area (Å²) in [5, 5.41) is 20.0. The highest BCUT2D eigenvalue weighted by Crippen LogP contribution is 2.40. The maximum absolute atomic E-state index is 11.9. The van der Waals surface area contributed by atoms with Gasteiger partial charge in [-0.15, -0.1) is 16.4 Å². The molecule has 0 aliphatic rings. The zero-order valence-corrected chi connectivity index (χ0v) is 16.0. The standard InChI is InChI=1S/C18H18N8OS/c1-11-14(12-6-3-2-4-7-12)15-16(20-10-21-17(15)28-11)19-9-5-8-13(27)22-18-23-25-26-24-18/h2-4,6-7,10H,5,8-9H2,1H3,(H,19,20,21)(H2,22,23,24,25,26,27). The summed E-state index contributed by atoms with van der Waals surface area (Å²) in [6.07, 6.45) is 2.54. The van der Waals surface area contributed by atoms with Crippen molar-refractivity contribution < 1.29 is 4.79 Å². The second-order valence-corrected chi connectivity index (χ2v) is 7.32. The number of anilines is 2. The first-order chi connectivity index (χ1) is 13.7. The normalized spacial score (nSPS) is 10.9. The van der Waals surface area contributed by atoms with Crippen molar-refractivity contribution in [2.45, 2.75) is 19.8 Å². The predicted molar refractivity (Wildman–Crippen MR) is 108 cm³/mol. The Morgan fingerprint density at radius 1 is 1.21 bits per heavy atom. The largest absolute Gasteiger partial charge is 0.369 e. The molecule has 1 aromatic carbocycles. The molecule has 10 heteroatoms. The molecule has 0 saturated carbocycles. The fourth-order valence-electron chi connectivity index (χ4n) is 2.99. The molecular weight excluding hydrogens is 376 g/mol. The fourth-order valence-corrected chi connectivity index (χ4v) is 4.00. The monoisotopic (exact) mass is 394 g/mol. The molecule has 3 heterocycles. The van der Waals surface area contributed by atoms with Gasteiger partial charge in [0, 0.05) is 23.4 Å². The first kappa shape index (κ1) is 18.0. The molecule has 3 aromatic heterocycles. The Bertz CT molecular complexity index is 1080. The van der Waals surface area contributed by atoms with Crippen LogP contribution in [0.3, 0.4) is 0 Å². The number of hydrogen-bond acceptors (Lipinski definition) is 8. The zero-order valence-electron chi connectivity index (χ0n) is 15.1. The highest BCUT2D eigenvalue weighted by Gasteiger charge is 2.16. The van der Waals surface area contributed by atoms with Crippen LogP contribution in [0, 0.1) is 6.92 Å². The van der Waals surface area contributed by atoms with Crippen molar-refractivity contribution in [2.24, 2.45) is 0 Å². The molecule has 9 nitrogen and oxygen atoms in total. The van der Waals surface area contributed by atoms with Gasteiger partial charge in [0.1, 0.15) is 17.0 Å². The van der Waals surface area contributed by atoms with E-state index in [1.54, 1.807) is 17.7 Å². The van der Waals surface area contributed by atoms with E-state index in [1.165, 1.54) is 4.88 Å². The van der Waals surface area contributed by atoms with Crippen molar-refractivity contribution in [2.75, 3.05) is 17.2 Å². The van der Waals surface area contributed by atoms with E-state index in [4.69, 9.17) is 0 Å². The maximum atomic E-state index is 11.9. The van der Waals surface area contributed by atoms with Crippen LogP contribution in [0.15, 0.2) is 36.7 Å². The maximum Gasteiger partial charge on any atom is 0.269 e. The minimum atomic E-state index is -0.160. The average Bonchev–Trinajstić information content (AvgIpc) is 3.33. The minimum absolute atomic E-state index is 0.160. The van der Waals surface area contributed by atoms with Crippen LogP contribution in [0.25, 0.3) is 21.3 Å². The van der Waals surface area contributed by atoms with Crippen molar-refractivity contribution in [1.29, 1.82) is 0 Å². The van der Waals surface area contributed by atoms with E-state index >= 15 is 0 Å². The number of aromatic nitrogens is 6. The lowest BCUT2D eigenvalue weighted by molar-refractivity contribution is -0.116. The molecule has 0 bridgehead atoms. The van der Waals surface area contributed by atoms with Crippen molar-refractivity contribution in [1.82, 2.24) is 30.6 Å². The van der Waals surface area contributed by atoms with Crippen LogP contribution in [-0.2, 0) is 4.79 Å². The molecule has 0 atom stereocenters. The number of thiophene rings is 1. The number of H-pyrrole nitrogens is 1. The second-order valence-electron chi connectivity index (χ2n) is 6.12. The van der Waals surface area contributed by atoms with Crippen molar-refractivity contribution in [3.63, 3.8) is 0 Å². The Hall–Kier alpha value is -3.40. The Kier molecular flexibility index (Phi) is 5.20. The zero-order chi connectivity index (χ0) is 19.3. The van der Waals surface area contributed by atoms with Gasteiger partial charge >= 0.3 is 0 Å². The van der Waals surface area contributed by atoms with Crippen LogP contribution < -0.4 is 10.6 Å². The third-order valence-electron chi connectivity index (χ3n) is 4.20. The summed E-state index contributed by atoms with van der Waals surface area (Å²) in [6, 6.07) is 10.2. The smallest absolute Gasteiger partial charge is 0.269 e. The lowest BCUT2D eigenvalue weighted by Gasteiger charge is -2.09. The molecule has 0 spiro atoms. The van der Waals surface area contributed by atoms with E-state index in [9.17, 15) is 4.79 Å². The number of tetrazole rings is 1. The van der Waals surface area contributed by atoms with Gasteiger partial charge in [-0.3, -0.25) is 10.1 Å². The Morgan fingerprint density at radius 3 is 2.86 bits per heavy atom. The lowest BCUT2D eigenvalue weighted by atomic mass is 10.0. The lowest BCUT2D eigenvalue weighted by Crippen LogP contribution is -2.14. The number of nitrogens with zero attached hydrogens (tertiary/aromatic N) is 5. The second kappa shape index (κ2) is 8.09. The summed E-state index contributed by atoms with van der Waals surface area (Å²) in [6.45, 7) is 2.70. The molecule has 0 radical (unpaired) electrons. The molecule has 0 aliphatic carbocycles. The topological polar surface area (TPSA) is 121 Å². The van der Waals surface area contributed by atoms with E-state index in [-0.39, 0.29) is 11.9 Å². The first-order valence-corrected chi connectivity index (χ1v) is 9.60. The summed E-state index contributed by atoms with van der Waals surface area (Å²) in [7, 11) is 0. The van der Waals surface area contributed by atoms with Gasteiger partial charge in [-0.1, -0.05) is 35.4 Å². The van der Waals surface area contributed by atoms with Crippen molar-refractivity contribution in [3.8, 4) is 11.1 Å². The molecule has 142 valence electrons. The number of aromatic amines is 1. The number of hydrogen-bond donors (Lipinski definition) is 3. The Balaban J connectivity index is 1.46. The third-order valence-corrected chi connectivity index (χ3v) is 5.21. The number of carbonyl (C=O) groups excluding carboxylic acids is 1. The number of nitrogens with one attached hydrogen (secondary N) is 3. The summed E-state index contributed by atoms with van der Waals surface area (Å²) in [5.41, 5.74) is 2.29. The molecule has 4 rings (SSSR count). The number of rotatable bonds is 7. The number of aryl methyl sites for hydroxylation is 1. The van der Waals surface area contributed by atoms with Gasteiger partial charge in [-0.25, -0.2) is 9.97 Å². The van der Waals surface area contributed by atoms with Gasteiger partial charge in [0.25, 0.3) is 5.95 Å². The number of fused-ring (bicyclic) bond motifs is 1.